The molecule has 1 aliphatic heterocycles. The van der Waals surface area contributed by atoms with Crippen LogP contribution in [0.5, 0.6) is 0 Å². The van der Waals surface area contributed by atoms with Crippen molar-refractivity contribution in [3.05, 3.63) is 24.3 Å². The maximum Gasteiger partial charge on any atom is 0.0367 e. The molecule has 0 amide bonds. The molecule has 4 heteroatoms. The number of anilines is 2. The Morgan fingerprint density at radius 1 is 0.812 bits per heavy atom. The molecule has 0 saturated carbocycles. The summed E-state index contributed by atoms with van der Waals surface area (Å²) in [7, 11) is 0. The van der Waals surface area contributed by atoms with Gasteiger partial charge in [0, 0.05) is 24.5 Å². The fourth-order valence-corrected chi connectivity index (χ4v) is 2.01. The standard InChI is InChI=1S/C12H18N2.2ClH/c13-11-5-7-12(8-6-11)14-9-3-1-2-4-10-14;;/h5-8H,1-4,9-10,13H2;2*1H. The van der Waals surface area contributed by atoms with E-state index < -0.39 is 0 Å². The van der Waals surface area contributed by atoms with Gasteiger partial charge < -0.3 is 10.6 Å². The normalized spacial score (nSPS) is 15.6. The van der Waals surface area contributed by atoms with Crippen molar-refractivity contribution in [2.75, 3.05) is 23.7 Å². The summed E-state index contributed by atoms with van der Waals surface area (Å²) in [6.45, 7) is 2.40. The number of benzene rings is 1. The topological polar surface area (TPSA) is 29.3 Å². The van der Waals surface area contributed by atoms with Crippen LogP contribution in [0.25, 0.3) is 0 Å². The lowest BCUT2D eigenvalue weighted by atomic mass is 10.2. The fraction of sp³-hybridized carbons (Fsp3) is 0.500. The average Bonchev–Trinajstić information content (AvgIpc) is 2.47. The van der Waals surface area contributed by atoms with E-state index in [9.17, 15) is 0 Å². The fourth-order valence-electron chi connectivity index (χ4n) is 2.01. The van der Waals surface area contributed by atoms with Gasteiger partial charge in [0.1, 0.15) is 0 Å². The number of nitrogen functional groups attached to an aromatic ring is 1. The third-order valence-corrected chi connectivity index (χ3v) is 2.86. The maximum atomic E-state index is 5.67. The summed E-state index contributed by atoms with van der Waals surface area (Å²) in [5.74, 6) is 0. The van der Waals surface area contributed by atoms with Crippen LogP contribution in [-0.4, -0.2) is 13.1 Å². The van der Waals surface area contributed by atoms with E-state index in [0.717, 1.165) is 5.69 Å². The Balaban J connectivity index is 0.00000112. The highest BCUT2D eigenvalue weighted by Crippen LogP contribution is 2.20. The molecule has 0 bridgehead atoms. The first-order valence-corrected chi connectivity index (χ1v) is 5.47. The van der Waals surface area contributed by atoms with Crippen LogP contribution in [0.1, 0.15) is 25.7 Å². The van der Waals surface area contributed by atoms with Crippen LogP contribution in [0.3, 0.4) is 0 Å². The highest BCUT2D eigenvalue weighted by molar-refractivity contribution is 5.85. The first-order valence-electron chi connectivity index (χ1n) is 5.47. The number of rotatable bonds is 1. The number of halogens is 2. The zero-order chi connectivity index (χ0) is 9.80. The first-order chi connectivity index (χ1) is 6.86. The Morgan fingerprint density at radius 3 is 1.81 bits per heavy atom. The van der Waals surface area contributed by atoms with Gasteiger partial charge in [-0.1, -0.05) is 12.8 Å². The van der Waals surface area contributed by atoms with Crippen LogP contribution in [0.4, 0.5) is 11.4 Å². The van der Waals surface area contributed by atoms with Gasteiger partial charge >= 0.3 is 0 Å². The first kappa shape index (κ1) is 15.4. The van der Waals surface area contributed by atoms with E-state index in [1.165, 1.54) is 44.5 Å². The van der Waals surface area contributed by atoms with Gasteiger partial charge in [-0.3, -0.25) is 0 Å². The van der Waals surface area contributed by atoms with Crippen LogP contribution in [0.15, 0.2) is 24.3 Å². The maximum absolute atomic E-state index is 5.67. The number of hydrogen-bond acceptors (Lipinski definition) is 2. The van der Waals surface area contributed by atoms with Crippen molar-refractivity contribution in [1.29, 1.82) is 0 Å². The van der Waals surface area contributed by atoms with Gasteiger partial charge in [-0.2, -0.15) is 0 Å². The largest absolute Gasteiger partial charge is 0.399 e. The van der Waals surface area contributed by atoms with Crippen molar-refractivity contribution in [3.63, 3.8) is 0 Å². The van der Waals surface area contributed by atoms with Gasteiger partial charge in [0.25, 0.3) is 0 Å². The Hall–Kier alpha value is -0.600. The molecule has 1 aliphatic rings. The van der Waals surface area contributed by atoms with Crippen molar-refractivity contribution >= 4 is 36.2 Å². The molecule has 0 unspecified atom stereocenters. The van der Waals surface area contributed by atoms with Gasteiger partial charge in [-0.25, -0.2) is 0 Å². The van der Waals surface area contributed by atoms with E-state index in [1.54, 1.807) is 0 Å². The summed E-state index contributed by atoms with van der Waals surface area (Å²) < 4.78 is 0. The highest BCUT2D eigenvalue weighted by atomic mass is 35.5. The van der Waals surface area contributed by atoms with Crippen LogP contribution < -0.4 is 10.6 Å². The molecule has 0 radical (unpaired) electrons. The van der Waals surface area contributed by atoms with Crippen LogP contribution in [0.2, 0.25) is 0 Å². The third kappa shape index (κ3) is 4.11. The lowest BCUT2D eigenvalue weighted by molar-refractivity contribution is 0.726. The second kappa shape index (κ2) is 7.64. The molecule has 16 heavy (non-hydrogen) atoms. The van der Waals surface area contributed by atoms with E-state index in [4.69, 9.17) is 5.73 Å². The second-order valence-corrected chi connectivity index (χ2v) is 3.99. The Morgan fingerprint density at radius 2 is 1.31 bits per heavy atom. The molecule has 0 aliphatic carbocycles. The van der Waals surface area contributed by atoms with Crippen molar-refractivity contribution in [2.24, 2.45) is 0 Å². The van der Waals surface area contributed by atoms with Crippen molar-refractivity contribution in [2.45, 2.75) is 25.7 Å². The molecule has 1 heterocycles. The minimum absolute atomic E-state index is 0. The Kier molecular flexibility index (Phi) is 7.35. The van der Waals surface area contributed by atoms with E-state index in [1.807, 2.05) is 12.1 Å². The summed E-state index contributed by atoms with van der Waals surface area (Å²) in [5, 5.41) is 0. The molecule has 2 N–H and O–H groups in total. The highest BCUT2D eigenvalue weighted by Gasteiger charge is 2.08. The minimum atomic E-state index is 0. The van der Waals surface area contributed by atoms with E-state index >= 15 is 0 Å². The van der Waals surface area contributed by atoms with Crippen molar-refractivity contribution in [3.8, 4) is 0 Å². The average molecular weight is 263 g/mol. The third-order valence-electron chi connectivity index (χ3n) is 2.86. The molecule has 0 aromatic heterocycles. The quantitative estimate of drug-likeness (QED) is 0.786. The molecule has 1 fully saturated rings. The van der Waals surface area contributed by atoms with Crippen LogP contribution in [-0.2, 0) is 0 Å². The van der Waals surface area contributed by atoms with E-state index in [-0.39, 0.29) is 24.8 Å². The number of nitrogens with zero attached hydrogens (tertiary/aromatic N) is 1. The van der Waals surface area contributed by atoms with E-state index in [2.05, 4.69) is 17.0 Å². The summed E-state index contributed by atoms with van der Waals surface area (Å²) >= 11 is 0. The molecular weight excluding hydrogens is 243 g/mol. The molecule has 0 spiro atoms. The Labute approximate surface area is 110 Å². The number of nitrogens with two attached hydrogens (primary N) is 1. The van der Waals surface area contributed by atoms with Crippen LogP contribution >= 0.6 is 24.8 Å². The van der Waals surface area contributed by atoms with Gasteiger partial charge in [0.2, 0.25) is 0 Å². The van der Waals surface area contributed by atoms with Gasteiger partial charge in [0.05, 0.1) is 0 Å². The van der Waals surface area contributed by atoms with Crippen molar-refractivity contribution in [1.82, 2.24) is 0 Å². The molecule has 2 nitrogen and oxygen atoms in total. The van der Waals surface area contributed by atoms with Gasteiger partial charge in [0.15, 0.2) is 0 Å². The minimum Gasteiger partial charge on any atom is -0.399 e. The molecule has 1 aromatic rings. The predicted molar refractivity (Wildman–Crippen MR) is 76.0 cm³/mol. The lowest BCUT2D eigenvalue weighted by Gasteiger charge is -2.22. The van der Waals surface area contributed by atoms with Gasteiger partial charge in [-0.05, 0) is 37.1 Å². The zero-order valence-electron chi connectivity index (χ0n) is 9.39. The summed E-state index contributed by atoms with van der Waals surface area (Å²) in [6.07, 6.45) is 5.41. The van der Waals surface area contributed by atoms with E-state index in [0.29, 0.717) is 0 Å². The van der Waals surface area contributed by atoms with Crippen molar-refractivity contribution < 1.29 is 0 Å². The second-order valence-electron chi connectivity index (χ2n) is 3.99. The Bertz CT molecular complexity index is 280. The SMILES string of the molecule is Cl.Cl.Nc1ccc(N2CCCCCC2)cc1. The summed E-state index contributed by atoms with van der Waals surface area (Å²) in [5.41, 5.74) is 7.84. The number of hydrogen-bond donors (Lipinski definition) is 1. The molecule has 2 rings (SSSR count). The zero-order valence-corrected chi connectivity index (χ0v) is 11.0. The predicted octanol–water partition coefficient (Wildman–Crippen LogP) is 3.49. The summed E-state index contributed by atoms with van der Waals surface area (Å²) in [6, 6.07) is 8.22. The monoisotopic (exact) mass is 262 g/mol. The molecule has 92 valence electrons. The molecule has 1 aromatic carbocycles. The molecular formula is C12H20Cl2N2. The summed E-state index contributed by atoms with van der Waals surface area (Å²) in [4.78, 5) is 2.46. The lowest BCUT2D eigenvalue weighted by Crippen LogP contribution is -2.23. The molecule has 1 saturated heterocycles. The smallest absolute Gasteiger partial charge is 0.0367 e. The molecule has 0 atom stereocenters. The van der Waals surface area contributed by atoms with Crippen LogP contribution in [0, 0.1) is 0 Å². The van der Waals surface area contributed by atoms with Gasteiger partial charge in [-0.15, -0.1) is 24.8 Å².